The van der Waals surface area contributed by atoms with Crippen LogP contribution in [0.2, 0.25) is 5.02 Å². The van der Waals surface area contributed by atoms with Crippen molar-refractivity contribution in [2.24, 2.45) is 0 Å². The Morgan fingerprint density at radius 1 is 0.968 bits per heavy atom. The normalized spacial score (nSPS) is 11.0. The number of rotatable bonds is 8. The third-order valence-electron chi connectivity index (χ3n) is 4.83. The molecule has 0 radical (unpaired) electrons. The fourth-order valence-corrected chi connectivity index (χ4v) is 4.72. The highest BCUT2D eigenvalue weighted by molar-refractivity contribution is 7.21. The number of nitrogens with one attached hydrogen (secondary N) is 1. The Morgan fingerprint density at radius 2 is 1.74 bits per heavy atom. The number of thiazole rings is 1. The predicted molar refractivity (Wildman–Crippen MR) is 131 cm³/mol. The summed E-state index contributed by atoms with van der Waals surface area (Å²) in [6, 6.07) is 18.6. The maximum atomic E-state index is 6.42. The van der Waals surface area contributed by atoms with Crippen LogP contribution in [-0.4, -0.2) is 18.2 Å². The van der Waals surface area contributed by atoms with Crippen LogP contribution >= 0.6 is 22.9 Å². The van der Waals surface area contributed by atoms with Crippen LogP contribution in [0.15, 0.2) is 54.6 Å². The van der Waals surface area contributed by atoms with Crippen LogP contribution in [0.4, 0.5) is 5.69 Å². The van der Waals surface area contributed by atoms with Crippen LogP contribution in [0.3, 0.4) is 0 Å². The van der Waals surface area contributed by atoms with Gasteiger partial charge in [-0.3, -0.25) is 0 Å². The maximum Gasteiger partial charge on any atom is 0.179 e. The molecule has 0 aliphatic rings. The van der Waals surface area contributed by atoms with Crippen LogP contribution in [0.1, 0.15) is 25.0 Å². The third-order valence-corrected chi connectivity index (χ3v) is 6.18. The number of ether oxygens (including phenoxy) is 2. The summed E-state index contributed by atoms with van der Waals surface area (Å²) < 4.78 is 12.6. The molecular formula is C25H25ClN2O2S. The van der Waals surface area contributed by atoms with E-state index in [-0.39, 0.29) is 0 Å². The second kappa shape index (κ2) is 9.58. The van der Waals surface area contributed by atoms with E-state index in [2.05, 4.69) is 54.7 Å². The summed E-state index contributed by atoms with van der Waals surface area (Å²) in [5.74, 6) is 1.28. The lowest BCUT2D eigenvalue weighted by molar-refractivity contribution is 0.287. The van der Waals surface area contributed by atoms with Crippen molar-refractivity contribution in [1.82, 2.24) is 4.98 Å². The van der Waals surface area contributed by atoms with Crippen LogP contribution in [0.5, 0.6) is 11.5 Å². The molecule has 0 fully saturated rings. The molecule has 0 aliphatic heterocycles. The van der Waals surface area contributed by atoms with Crippen molar-refractivity contribution < 1.29 is 9.47 Å². The number of aromatic nitrogens is 1. The molecule has 0 aliphatic carbocycles. The molecule has 31 heavy (non-hydrogen) atoms. The van der Waals surface area contributed by atoms with E-state index in [1.165, 1.54) is 10.3 Å². The molecule has 1 heterocycles. The van der Waals surface area contributed by atoms with E-state index in [4.69, 9.17) is 26.1 Å². The first-order chi connectivity index (χ1) is 15.1. The van der Waals surface area contributed by atoms with Gasteiger partial charge in [-0.25, -0.2) is 4.98 Å². The number of nitrogens with zero attached hydrogens (tertiary/aromatic N) is 1. The van der Waals surface area contributed by atoms with Gasteiger partial charge in [0.25, 0.3) is 0 Å². The van der Waals surface area contributed by atoms with Gasteiger partial charge in [-0.1, -0.05) is 17.7 Å². The number of aryl methyl sites for hydroxylation is 1. The van der Waals surface area contributed by atoms with Crippen LogP contribution < -0.4 is 14.8 Å². The smallest absolute Gasteiger partial charge is 0.179 e. The Kier molecular flexibility index (Phi) is 6.64. The minimum absolute atomic E-state index is 0.540. The first kappa shape index (κ1) is 21.5. The Morgan fingerprint density at radius 3 is 2.48 bits per heavy atom. The van der Waals surface area contributed by atoms with Crippen molar-refractivity contribution in [2.45, 2.75) is 27.3 Å². The highest BCUT2D eigenvalue weighted by Crippen LogP contribution is 2.37. The standard InChI is InChI=1S/C25H25ClN2O2S/c1-4-29-22-14-17(13-20(26)24(22)30-5-2)15-27-19-9-7-18(8-10-19)25-28-21-11-6-16(3)12-23(21)31-25/h6-14,27H,4-5,15H2,1-3H3. The molecule has 3 aromatic carbocycles. The minimum atomic E-state index is 0.540. The van der Waals surface area contributed by atoms with E-state index in [0.717, 1.165) is 27.3 Å². The fourth-order valence-electron chi connectivity index (χ4n) is 3.36. The van der Waals surface area contributed by atoms with Crippen LogP contribution in [0.25, 0.3) is 20.8 Å². The molecule has 0 saturated carbocycles. The Balaban J connectivity index is 1.48. The molecular weight excluding hydrogens is 428 g/mol. The second-order valence-electron chi connectivity index (χ2n) is 7.19. The molecule has 0 amide bonds. The SMILES string of the molecule is CCOc1cc(CNc2ccc(-c3nc4ccc(C)cc4s3)cc2)cc(Cl)c1OCC. The highest BCUT2D eigenvalue weighted by atomic mass is 35.5. The maximum absolute atomic E-state index is 6.42. The summed E-state index contributed by atoms with van der Waals surface area (Å²) in [6.07, 6.45) is 0. The number of hydrogen-bond donors (Lipinski definition) is 1. The predicted octanol–water partition coefficient (Wildman–Crippen LogP) is 7.33. The van der Waals surface area contributed by atoms with E-state index < -0.39 is 0 Å². The van der Waals surface area contributed by atoms with Gasteiger partial charge >= 0.3 is 0 Å². The zero-order valence-corrected chi connectivity index (χ0v) is 19.4. The molecule has 1 N–H and O–H groups in total. The van der Waals surface area contributed by atoms with Gasteiger partial charge in [-0.2, -0.15) is 0 Å². The topological polar surface area (TPSA) is 43.4 Å². The third kappa shape index (κ3) is 4.94. The lowest BCUT2D eigenvalue weighted by Gasteiger charge is -2.15. The van der Waals surface area contributed by atoms with Gasteiger partial charge in [-0.15, -0.1) is 11.3 Å². The lowest BCUT2D eigenvalue weighted by Crippen LogP contribution is -2.03. The summed E-state index contributed by atoms with van der Waals surface area (Å²) in [4.78, 5) is 4.77. The van der Waals surface area contributed by atoms with Gasteiger partial charge in [0.2, 0.25) is 0 Å². The van der Waals surface area contributed by atoms with Crippen LogP contribution in [0, 0.1) is 6.92 Å². The van der Waals surface area contributed by atoms with Gasteiger partial charge in [0, 0.05) is 17.8 Å². The monoisotopic (exact) mass is 452 g/mol. The van der Waals surface area contributed by atoms with E-state index >= 15 is 0 Å². The second-order valence-corrected chi connectivity index (χ2v) is 8.63. The largest absolute Gasteiger partial charge is 0.490 e. The van der Waals surface area contributed by atoms with Crippen molar-refractivity contribution in [3.63, 3.8) is 0 Å². The minimum Gasteiger partial charge on any atom is -0.490 e. The summed E-state index contributed by atoms with van der Waals surface area (Å²) in [5, 5.41) is 5.04. The van der Waals surface area contributed by atoms with Crippen molar-refractivity contribution in [2.75, 3.05) is 18.5 Å². The Hall–Kier alpha value is -2.76. The quantitative estimate of drug-likeness (QED) is 0.304. The molecule has 160 valence electrons. The molecule has 0 bridgehead atoms. The van der Waals surface area contributed by atoms with Crippen molar-refractivity contribution >= 4 is 38.8 Å². The van der Waals surface area contributed by atoms with Crippen molar-refractivity contribution in [3.8, 4) is 22.1 Å². The molecule has 4 rings (SSSR count). The van der Waals surface area contributed by atoms with E-state index in [1.54, 1.807) is 11.3 Å². The van der Waals surface area contributed by atoms with Gasteiger partial charge in [0.05, 0.1) is 28.5 Å². The van der Waals surface area contributed by atoms with Crippen LogP contribution in [-0.2, 0) is 6.54 Å². The molecule has 0 unspecified atom stereocenters. The lowest BCUT2D eigenvalue weighted by atomic mass is 10.1. The Labute approximate surface area is 191 Å². The summed E-state index contributed by atoms with van der Waals surface area (Å²) in [6.45, 7) is 7.71. The van der Waals surface area contributed by atoms with E-state index in [0.29, 0.717) is 36.3 Å². The number of halogens is 1. The average Bonchev–Trinajstić information content (AvgIpc) is 3.18. The van der Waals surface area contributed by atoms with Crippen molar-refractivity contribution in [3.05, 3.63) is 70.7 Å². The molecule has 0 spiro atoms. The van der Waals surface area contributed by atoms with Gasteiger partial charge in [0.15, 0.2) is 11.5 Å². The zero-order valence-electron chi connectivity index (χ0n) is 17.9. The van der Waals surface area contributed by atoms with Gasteiger partial charge in [0.1, 0.15) is 5.01 Å². The van der Waals surface area contributed by atoms with Gasteiger partial charge < -0.3 is 14.8 Å². The van der Waals surface area contributed by atoms with E-state index in [1.807, 2.05) is 26.0 Å². The number of fused-ring (bicyclic) bond motifs is 1. The molecule has 4 aromatic rings. The molecule has 1 aromatic heterocycles. The average molecular weight is 453 g/mol. The number of hydrogen-bond acceptors (Lipinski definition) is 5. The van der Waals surface area contributed by atoms with E-state index in [9.17, 15) is 0 Å². The Bertz CT molecular complexity index is 1190. The van der Waals surface area contributed by atoms with Crippen molar-refractivity contribution in [1.29, 1.82) is 0 Å². The molecule has 6 heteroatoms. The highest BCUT2D eigenvalue weighted by Gasteiger charge is 2.12. The number of anilines is 1. The first-order valence-corrected chi connectivity index (χ1v) is 11.6. The number of benzene rings is 3. The fraction of sp³-hybridized carbons (Fsp3) is 0.240. The first-order valence-electron chi connectivity index (χ1n) is 10.4. The molecule has 0 saturated heterocycles. The molecule has 0 atom stereocenters. The van der Waals surface area contributed by atoms with Gasteiger partial charge in [-0.05, 0) is 80.4 Å². The summed E-state index contributed by atoms with van der Waals surface area (Å²) in [7, 11) is 0. The zero-order chi connectivity index (χ0) is 21.8. The summed E-state index contributed by atoms with van der Waals surface area (Å²) in [5.41, 5.74) is 5.48. The summed E-state index contributed by atoms with van der Waals surface area (Å²) >= 11 is 8.15. The molecule has 4 nitrogen and oxygen atoms in total.